The summed E-state index contributed by atoms with van der Waals surface area (Å²) in [5.41, 5.74) is 1.05. The predicted octanol–water partition coefficient (Wildman–Crippen LogP) is 3.47. The third-order valence-electron chi connectivity index (χ3n) is 3.21. The van der Waals surface area contributed by atoms with E-state index in [0.29, 0.717) is 11.3 Å². The molecule has 1 heterocycles. The number of hydrogen-bond acceptors (Lipinski definition) is 1. The molecule has 98 valence electrons. The lowest BCUT2D eigenvalue weighted by Crippen LogP contribution is -2.08. The van der Waals surface area contributed by atoms with Crippen LogP contribution in [0.5, 0.6) is 0 Å². The molecule has 0 unspecified atom stereocenters. The summed E-state index contributed by atoms with van der Waals surface area (Å²) in [5.74, 6) is -2.37. The smallest absolute Gasteiger partial charge is 0.352 e. The minimum Gasteiger partial charge on any atom is -0.477 e. The summed E-state index contributed by atoms with van der Waals surface area (Å²) < 4.78 is 28.2. The Kier molecular flexibility index (Phi) is 2.62. The van der Waals surface area contributed by atoms with Crippen molar-refractivity contribution >= 4 is 5.97 Å². The average molecular weight is 263 g/mol. The van der Waals surface area contributed by atoms with E-state index >= 15 is 0 Å². The molecular formula is C14H11F2NO2. The largest absolute Gasteiger partial charge is 0.477 e. The molecule has 19 heavy (non-hydrogen) atoms. The summed E-state index contributed by atoms with van der Waals surface area (Å²) in [6.07, 6.45) is 1.78. The van der Waals surface area contributed by atoms with Gasteiger partial charge in [-0.3, -0.25) is 0 Å². The number of nitrogens with zero attached hydrogens (tertiary/aromatic N) is 1. The first-order chi connectivity index (χ1) is 9.06. The van der Waals surface area contributed by atoms with Crippen LogP contribution >= 0.6 is 0 Å². The number of carboxylic acids is 1. The average Bonchev–Trinajstić information content (AvgIpc) is 3.06. The lowest BCUT2D eigenvalue weighted by atomic mass is 10.1. The van der Waals surface area contributed by atoms with Crippen molar-refractivity contribution in [2.75, 3.05) is 0 Å². The van der Waals surface area contributed by atoms with Gasteiger partial charge in [0.15, 0.2) is 0 Å². The van der Waals surface area contributed by atoms with Crippen LogP contribution in [0, 0.1) is 11.6 Å². The van der Waals surface area contributed by atoms with Gasteiger partial charge in [-0.1, -0.05) is 0 Å². The lowest BCUT2D eigenvalue weighted by Gasteiger charge is -2.10. The van der Waals surface area contributed by atoms with Crippen LogP contribution in [0.1, 0.15) is 29.4 Å². The van der Waals surface area contributed by atoms with Crippen molar-refractivity contribution < 1.29 is 18.7 Å². The van der Waals surface area contributed by atoms with Gasteiger partial charge in [-0.05, 0) is 37.1 Å². The van der Waals surface area contributed by atoms with Crippen molar-refractivity contribution in [2.24, 2.45) is 0 Å². The molecule has 1 aliphatic rings. The van der Waals surface area contributed by atoms with Crippen molar-refractivity contribution in [3.63, 3.8) is 0 Å². The monoisotopic (exact) mass is 263 g/mol. The summed E-state index contributed by atoms with van der Waals surface area (Å²) >= 11 is 0. The first-order valence-corrected chi connectivity index (χ1v) is 5.97. The fourth-order valence-corrected chi connectivity index (χ4v) is 2.29. The first-order valence-electron chi connectivity index (χ1n) is 5.97. The highest BCUT2D eigenvalue weighted by atomic mass is 19.1. The summed E-state index contributed by atoms with van der Waals surface area (Å²) in [5, 5.41) is 9.14. The Morgan fingerprint density at radius 1 is 1.16 bits per heavy atom. The molecule has 1 saturated carbocycles. The van der Waals surface area contributed by atoms with Crippen LogP contribution in [-0.2, 0) is 0 Å². The second kappa shape index (κ2) is 4.19. The molecule has 3 nitrogen and oxygen atoms in total. The molecule has 0 aliphatic heterocycles. The molecule has 0 radical (unpaired) electrons. The molecule has 0 bridgehead atoms. The molecular weight excluding hydrogens is 252 g/mol. The van der Waals surface area contributed by atoms with Crippen molar-refractivity contribution in [2.45, 2.75) is 18.9 Å². The van der Waals surface area contributed by atoms with E-state index in [9.17, 15) is 13.6 Å². The number of rotatable bonds is 3. The Hall–Kier alpha value is -2.17. The van der Waals surface area contributed by atoms with E-state index in [0.717, 1.165) is 18.9 Å². The van der Waals surface area contributed by atoms with E-state index < -0.39 is 17.6 Å². The van der Waals surface area contributed by atoms with E-state index in [4.69, 9.17) is 5.11 Å². The normalized spacial score (nSPS) is 14.6. The molecule has 5 heteroatoms. The summed E-state index contributed by atoms with van der Waals surface area (Å²) in [4.78, 5) is 11.2. The fourth-order valence-electron chi connectivity index (χ4n) is 2.29. The van der Waals surface area contributed by atoms with E-state index in [2.05, 4.69) is 0 Å². The summed E-state index contributed by atoms with van der Waals surface area (Å²) in [7, 11) is 0. The van der Waals surface area contributed by atoms with Crippen molar-refractivity contribution in [3.8, 4) is 11.3 Å². The zero-order chi connectivity index (χ0) is 13.6. The van der Waals surface area contributed by atoms with E-state index in [1.165, 1.54) is 18.2 Å². The number of carbonyl (C=O) groups is 1. The van der Waals surface area contributed by atoms with Gasteiger partial charge in [0.2, 0.25) is 0 Å². The van der Waals surface area contributed by atoms with Crippen molar-refractivity contribution in [1.29, 1.82) is 0 Å². The van der Waals surface area contributed by atoms with Crippen LogP contribution < -0.4 is 0 Å². The van der Waals surface area contributed by atoms with Gasteiger partial charge in [0.25, 0.3) is 0 Å². The van der Waals surface area contributed by atoms with Gasteiger partial charge < -0.3 is 9.67 Å². The first kappa shape index (κ1) is 11.9. The van der Waals surface area contributed by atoms with Crippen LogP contribution in [0.3, 0.4) is 0 Å². The predicted molar refractivity (Wildman–Crippen MR) is 65.0 cm³/mol. The Bertz CT molecular complexity index is 639. The van der Waals surface area contributed by atoms with Crippen LogP contribution in [-0.4, -0.2) is 15.6 Å². The van der Waals surface area contributed by atoms with E-state index in [1.807, 2.05) is 0 Å². The van der Waals surface area contributed by atoms with Crippen LogP contribution in [0.15, 0.2) is 30.3 Å². The molecule has 1 fully saturated rings. The van der Waals surface area contributed by atoms with Gasteiger partial charge >= 0.3 is 5.97 Å². The standard InChI is InChI=1S/C14H11F2NO2/c15-9-5-8(6-10(16)7-9)12-3-4-13(14(18)19)17(12)11-1-2-11/h3-7,11H,1-2H2,(H,18,19). The molecule has 0 spiro atoms. The number of hydrogen-bond donors (Lipinski definition) is 1. The number of carboxylic acid groups (broad SMARTS) is 1. The van der Waals surface area contributed by atoms with Gasteiger partial charge in [-0.2, -0.15) is 0 Å². The lowest BCUT2D eigenvalue weighted by molar-refractivity contribution is 0.0685. The molecule has 2 aromatic rings. The molecule has 1 aromatic carbocycles. The third-order valence-corrected chi connectivity index (χ3v) is 3.21. The molecule has 1 N–H and O–H groups in total. The minimum absolute atomic E-state index is 0.113. The molecule has 0 saturated heterocycles. The highest BCUT2D eigenvalue weighted by Crippen LogP contribution is 2.40. The third kappa shape index (κ3) is 2.12. The van der Waals surface area contributed by atoms with Crippen molar-refractivity contribution in [3.05, 3.63) is 47.7 Å². The maximum absolute atomic E-state index is 13.3. The Balaban J connectivity index is 2.16. The molecule has 1 aromatic heterocycles. The number of halogens is 2. The number of aromatic nitrogens is 1. The van der Waals surface area contributed by atoms with Gasteiger partial charge in [0, 0.05) is 23.4 Å². The van der Waals surface area contributed by atoms with Gasteiger partial charge in [0.1, 0.15) is 17.3 Å². The zero-order valence-electron chi connectivity index (χ0n) is 9.94. The molecule has 1 aliphatic carbocycles. The molecule has 3 rings (SSSR count). The van der Waals surface area contributed by atoms with Crippen LogP contribution in [0.4, 0.5) is 8.78 Å². The SMILES string of the molecule is O=C(O)c1ccc(-c2cc(F)cc(F)c2)n1C1CC1. The van der Waals surface area contributed by atoms with E-state index in [1.54, 1.807) is 10.6 Å². The Morgan fingerprint density at radius 3 is 2.32 bits per heavy atom. The number of aromatic carboxylic acids is 1. The summed E-state index contributed by atoms with van der Waals surface area (Å²) in [6.45, 7) is 0. The van der Waals surface area contributed by atoms with Crippen molar-refractivity contribution in [1.82, 2.24) is 4.57 Å². The highest BCUT2D eigenvalue weighted by molar-refractivity contribution is 5.87. The second-order valence-corrected chi connectivity index (χ2v) is 4.67. The van der Waals surface area contributed by atoms with Gasteiger partial charge in [0.05, 0.1) is 0 Å². The maximum atomic E-state index is 13.3. The molecule has 0 amide bonds. The number of benzene rings is 1. The quantitative estimate of drug-likeness (QED) is 0.921. The van der Waals surface area contributed by atoms with Gasteiger partial charge in [-0.25, -0.2) is 13.6 Å². The fraction of sp³-hybridized carbons (Fsp3) is 0.214. The Labute approximate surface area is 108 Å². The van der Waals surface area contributed by atoms with Crippen LogP contribution in [0.2, 0.25) is 0 Å². The Morgan fingerprint density at radius 2 is 1.79 bits per heavy atom. The van der Waals surface area contributed by atoms with E-state index in [-0.39, 0.29) is 11.7 Å². The van der Waals surface area contributed by atoms with Gasteiger partial charge in [-0.15, -0.1) is 0 Å². The second-order valence-electron chi connectivity index (χ2n) is 4.67. The summed E-state index contributed by atoms with van der Waals surface area (Å²) in [6, 6.07) is 6.40. The van der Waals surface area contributed by atoms with Crippen LogP contribution in [0.25, 0.3) is 11.3 Å². The topological polar surface area (TPSA) is 42.2 Å². The molecule has 0 atom stereocenters. The maximum Gasteiger partial charge on any atom is 0.352 e. The highest BCUT2D eigenvalue weighted by Gasteiger charge is 2.30. The minimum atomic E-state index is -1.03. The zero-order valence-corrected chi connectivity index (χ0v) is 9.94.